The van der Waals surface area contributed by atoms with E-state index in [2.05, 4.69) is 55.6 Å². The first-order chi connectivity index (χ1) is 29.2. The van der Waals surface area contributed by atoms with Crippen molar-refractivity contribution in [3.8, 4) is 0 Å². The second kappa shape index (κ2) is 50.7. The molecule has 0 saturated heterocycles. The number of aliphatic hydroxyl groups excluding tert-OH is 2. The van der Waals surface area contributed by atoms with E-state index in [0.717, 1.165) is 38.5 Å². The molecule has 0 fully saturated rings. The zero-order valence-electron chi connectivity index (χ0n) is 39.8. The van der Waals surface area contributed by atoms with E-state index in [1.165, 1.54) is 218 Å². The summed E-state index contributed by atoms with van der Waals surface area (Å²) in [5.41, 5.74) is 0. The number of unbranched alkanes of at least 4 members (excludes halogenated alkanes) is 35. The van der Waals surface area contributed by atoms with Crippen LogP contribution in [0.1, 0.15) is 277 Å². The predicted molar refractivity (Wildman–Crippen MR) is 262 cm³/mol. The van der Waals surface area contributed by atoms with Gasteiger partial charge in [0.05, 0.1) is 18.8 Å². The van der Waals surface area contributed by atoms with Crippen LogP contribution in [0.3, 0.4) is 0 Å². The Labute approximate surface area is 369 Å². The average molecular weight is 826 g/mol. The Morgan fingerprint density at radius 1 is 0.407 bits per heavy atom. The van der Waals surface area contributed by atoms with E-state index < -0.39 is 12.1 Å². The molecule has 0 aliphatic heterocycles. The average Bonchev–Trinajstić information content (AvgIpc) is 3.24. The van der Waals surface area contributed by atoms with Gasteiger partial charge in [-0.1, -0.05) is 255 Å². The zero-order valence-corrected chi connectivity index (χ0v) is 39.8. The molecule has 2 atom stereocenters. The van der Waals surface area contributed by atoms with Crippen molar-refractivity contribution in [1.82, 2.24) is 5.32 Å². The van der Waals surface area contributed by atoms with Crippen LogP contribution < -0.4 is 5.32 Å². The minimum atomic E-state index is -0.866. The lowest BCUT2D eigenvalue weighted by Crippen LogP contribution is -2.45. The smallest absolute Gasteiger partial charge is 0.220 e. The number of carbonyl (C=O) groups excluding carboxylic acids is 1. The van der Waals surface area contributed by atoms with Gasteiger partial charge in [0.15, 0.2) is 0 Å². The maximum atomic E-state index is 12.4. The van der Waals surface area contributed by atoms with Gasteiger partial charge < -0.3 is 15.5 Å². The number of allylic oxidation sites excluding steroid dienone is 7. The van der Waals surface area contributed by atoms with Crippen molar-refractivity contribution in [1.29, 1.82) is 0 Å². The summed E-state index contributed by atoms with van der Waals surface area (Å²) in [5.74, 6) is -0.0765. The van der Waals surface area contributed by atoms with Crippen LogP contribution in [0, 0.1) is 0 Å². The molecule has 0 spiro atoms. The van der Waals surface area contributed by atoms with Crippen LogP contribution in [0.4, 0.5) is 0 Å². The minimum Gasteiger partial charge on any atom is -0.394 e. The first-order valence-corrected chi connectivity index (χ1v) is 26.4. The highest BCUT2D eigenvalue weighted by Gasteiger charge is 2.17. The van der Waals surface area contributed by atoms with Crippen molar-refractivity contribution in [2.24, 2.45) is 0 Å². The molecule has 0 saturated carbocycles. The second-order valence-electron chi connectivity index (χ2n) is 17.9. The maximum Gasteiger partial charge on any atom is 0.220 e. The number of amides is 1. The fourth-order valence-corrected chi connectivity index (χ4v) is 7.99. The van der Waals surface area contributed by atoms with Gasteiger partial charge in [-0.05, 0) is 64.2 Å². The fraction of sp³-hybridized carbons (Fsp3) is 0.836. The van der Waals surface area contributed by atoms with Crippen LogP contribution in [0.25, 0.3) is 0 Å². The quantitative estimate of drug-likeness (QED) is 0.0423. The minimum absolute atomic E-state index is 0.0765. The first kappa shape index (κ1) is 57.3. The summed E-state index contributed by atoms with van der Waals surface area (Å²) in [6.07, 6.45) is 69.7. The number of rotatable bonds is 48. The number of carbonyl (C=O) groups is 1. The lowest BCUT2D eigenvalue weighted by Gasteiger charge is -2.19. The predicted octanol–water partition coefficient (Wildman–Crippen LogP) is 17.1. The van der Waals surface area contributed by atoms with E-state index in [0.29, 0.717) is 6.42 Å². The van der Waals surface area contributed by atoms with Crippen LogP contribution >= 0.6 is 0 Å². The van der Waals surface area contributed by atoms with E-state index in [4.69, 9.17) is 0 Å². The van der Waals surface area contributed by atoms with Gasteiger partial charge in [-0.25, -0.2) is 0 Å². The summed E-state index contributed by atoms with van der Waals surface area (Å²) >= 11 is 0. The van der Waals surface area contributed by atoms with Gasteiger partial charge in [0.2, 0.25) is 5.91 Å². The van der Waals surface area contributed by atoms with E-state index in [1.807, 2.05) is 6.08 Å². The highest BCUT2D eigenvalue weighted by atomic mass is 16.3. The van der Waals surface area contributed by atoms with E-state index in [1.54, 1.807) is 6.08 Å². The normalized spacial score (nSPS) is 13.2. The van der Waals surface area contributed by atoms with Crippen molar-refractivity contribution < 1.29 is 15.0 Å². The molecule has 59 heavy (non-hydrogen) atoms. The molecule has 0 aromatic carbocycles. The van der Waals surface area contributed by atoms with Crippen molar-refractivity contribution in [2.45, 2.75) is 289 Å². The van der Waals surface area contributed by atoms with Crippen molar-refractivity contribution >= 4 is 5.91 Å². The Hall–Kier alpha value is -1.65. The van der Waals surface area contributed by atoms with Crippen molar-refractivity contribution in [3.63, 3.8) is 0 Å². The Morgan fingerprint density at radius 3 is 1.08 bits per heavy atom. The third kappa shape index (κ3) is 47.3. The second-order valence-corrected chi connectivity index (χ2v) is 17.9. The third-order valence-corrected chi connectivity index (χ3v) is 12.0. The Morgan fingerprint density at radius 2 is 0.712 bits per heavy atom. The molecule has 3 N–H and O–H groups in total. The summed E-state index contributed by atoms with van der Waals surface area (Å²) in [6.45, 7) is 4.31. The maximum absolute atomic E-state index is 12.4. The molecule has 346 valence electrons. The van der Waals surface area contributed by atoms with Gasteiger partial charge in [0.25, 0.3) is 0 Å². The van der Waals surface area contributed by atoms with Gasteiger partial charge in [-0.2, -0.15) is 0 Å². The Bertz CT molecular complexity index is 939. The number of aliphatic hydroxyl groups is 2. The van der Waals surface area contributed by atoms with Gasteiger partial charge >= 0.3 is 0 Å². The summed E-state index contributed by atoms with van der Waals surface area (Å²) in [4.78, 5) is 12.4. The lowest BCUT2D eigenvalue weighted by atomic mass is 10.0. The van der Waals surface area contributed by atoms with Gasteiger partial charge in [-0.15, -0.1) is 0 Å². The first-order valence-electron chi connectivity index (χ1n) is 26.4. The molecule has 0 aliphatic rings. The third-order valence-electron chi connectivity index (χ3n) is 12.0. The molecule has 4 nitrogen and oxygen atoms in total. The van der Waals surface area contributed by atoms with Crippen molar-refractivity contribution in [2.75, 3.05) is 6.61 Å². The number of nitrogens with one attached hydrogen (secondary N) is 1. The highest BCUT2D eigenvalue weighted by Crippen LogP contribution is 2.16. The molecule has 4 heteroatoms. The molecule has 0 aromatic rings. The number of hydrogen-bond acceptors (Lipinski definition) is 3. The summed E-state index contributed by atoms with van der Waals surface area (Å²) in [6, 6.07) is -0.643. The van der Waals surface area contributed by atoms with E-state index in [9.17, 15) is 15.0 Å². The Kier molecular flexibility index (Phi) is 49.3. The fourth-order valence-electron chi connectivity index (χ4n) is 7.99. The standard InChI is InChI=1S/C55H103NO3/c1-3-5-7-9-11-13-15-17-19-21-23-25-26-27-28-29-31-32-34-36-38-40-42-44-46-48-50-54(58)53(52-57)56-55(59)51-49-47-45-43-41-39-37-35-33-30-24-22-20-18-16-14-12-10-8-6-4-2/h16,18,22,24,40,42,48,50,53-54,57-58H,3-15,17,19-21,23,25-39,41,43-47,49,51-52H2,1-2H3,(H,56,59)/b18-16-,24-22-,42-40+,50-48+. The molecule has 0 heterocycles. The molecular weight excluding hydrogens is 723 g/mol. The molecule has 0 rings (SSSR count). The summed E-state index contributed by atoms with van der Waals surface area (Å²) in [5, 5.41) is 23.1. The molecule has 0 radical (unpaired) electrons. The van der Waals surface area contributed by atoms with Crippen LogP contribution in [-0.4, -0.2) is 34.9 Å². The van der Waals surface area contributed by atoms with Crippen LogP contribution in [0.2, 0.25) is 0 Å². The van der Waals surface area contributed by atoms with Crippen LogP contribution in [0.15, 0.2) is 48.6 Å². The largest absolute Gasteiger partial charge is 0.394 e. The van der Waals surface area contributed by atoms with Gasteiger partial charge in [0.1, 0.15) is 0 Å². The zero-order chi connectivity index (χ0) is 42.8. The monoisotopic (exact) mass is 826 g/mol. The van der Waals surface area contributed by atoms with Crippen LogP contribution in [0.5, 0.6) is 0 Å². The van der Waals surface area contributed by atoms with Gasteiger partial charge in [-0.3, -0.25) is 4.79 Å². The number of hydrogen-bond donors (Lipinski definition) is 3. The van der Waals surface area contributed by atoms with E-state index >= 15 is 0 Å². The Balaban J connectivity index is 3.56. The molecule has 0 aromatic heterocycles. The highest BCUT2D eigenvalue weighted by molar-refractivity contribution is 5.76. The van der Waals surface area contributed by atoms with Crippen LogP contribution in [-0.2, 0) is 4.79 Å². The SMILES string of the molecule is CCCCCCC/C=C\C/C=C\CCCCCCCCCCCC(=O)NC(CO)C(O)/C=C/CC/C=C/CCCCCCCCCCCCCCCCCCCCCC. The molecule has 0 bridgehead atoms. The van der Waals surface area contributed by atoms with Crippen molar-refractivity contribution in [3.05, 3.63) is 48.6 Å². The molecule has 1 amide bonds. The molecular formula is C55H103NO3. The van der Waals surface area contributed by atoms with Gasteiger partial charge in [0, 0.05) is 6.42 Å². The summed E-state index contributed by atoms with van der Waals surface area (Å²) < 4.78 is 0. The van der Waals surface area contributed by atoms with E-state index in [-0.39, 0.29) is 12.5 Å². The summed E-state index contributed by atoms with van der Waals surface area (Å²) in [7, 11) is 0. The molecule has 0 aliphatic carbocycles. The molecule has 2 unspecified atom stereocenters. The lowest BCUT2D eigenvalue weighted by molar-refractivity contribution is -0.123. The topological polar surface area (TPSA) is 69.6 Å².